The predicted molar refractivity (Wildman–Crippen MR) is 86.5 cm³/mol. The number of imidazole rings is 1. The first-order valence-corrected chi connectivity index (χ1v) is 7.90. The Labute approximate surface area is 125 Å². The van der Waals surface area contributed by atoms with E-state index in [1.165, 1.54) is 42.0 Å². The molecule has 2 heteroatoms. The van der Waals surface area contributed by atoms with Crippen molar-refractivity contribution in [2.75, 3.05) is 0 Å². The molecule has 1 aromatic heterocycles. The maximum atomic E-state index is 4.54. The average molecular weight is 276 g/mol. The van der Waals surface area contributed by atoms with E-state index in [1.807, 2.05) is 12.4 Å². The number of fused-ring (bicyclic) bond motifs is 1. The quantitative estimate of drug-likeness (QED) is 0.700. The van der Waals surface area contributed by atoms with Crippen molar-refractivity contribution in [2.24, 2.45) is 0 Å². The Kier molecular flexibility index (Phi) is 3.23. The van der Waals surface area contributed by atoms with Gasteiger partial charge in [0.25, 0.3) is 0 Å². The molecule has 1 fully saturated rings. The Morgan fingerprint density at radius 1 is 0.905 bits per heavy atom. The molecule has 0 amide bonds. The lowest BCUT2D eigenvalue weighted by Gasteiger charge is -2.31. The second kappa shape index (κ2) is 5.36. The molecular formula is C19H20N2. The van der Waals surface area contributed by atoms with Crippen LogP contribution in [0.15, 0.2) is 54.9 Å². The number of H-pyrrole nitrogens is 1. The Bertz CT molecular complexity index is 725. The van der Waals surface area contributed by atoms with Crippen molar-refractivity contribution < 1.29 is 0 Å². The molecule has 2 atom stereocenters. The van der Waals surface area contributed by atoms with Gasteiger partial charge in [0.05, 0.1) is 0 Å². The number of hydrogen-bond donors (Lipinski definition) is 1. The summed E-state index contributed by atoms with van der Waals surface area (Å²) in [6.07, 6.45) is 8.96. The Hall–Kier alpha value is -2.09. The molecule has 1 heterocycles. The third kappa shape index (κ3) is 2.25. The second-order valence-electron chi connectivity index (χ2n) is 6.04. The number of rotatable bonds is 2. The van der Waals surface area contributed by atoms with Crippen molar-refractivity contribution in [2.45, 2.75) is 37.5 Å². The number of aromatic amines is 1. The smallest absolute Gasteiger partial charge is 0.109 e. The highest BCUT2D eigenvalue weighted by Gasteiger charge is 2.30. The Morgan fingerprint density at radius 2 is 1.71 bits per heavy atom. The van der Waals surface area contributed by atoms with Crippen molar-refractivity contribution in [1.29, 1.82) is 0 Å². The van der Waals surface area contributed by atoms with Crippen LogP contribution in [-0.2, 0) is 0 Å². The van der Waals surface area contributed by atoms with Gasteiger partial charge >= 0.3 is 0 Å². The molecule has 2 nitrogen and oxygen atoms in total. The van der Waals surface area contributed by atoms with Crippen LogP contribution in [0.3, 0.4) is 0 Å². The van der Waals surface area contributed by atoms with Gasteiger partial charge in [-0.05, 0) is 35.1 Å². The number of nitrogens with one attached hydrogen (secondary N) is 1. The summed E-state index contributed by atoms with van der Waals surface area (Å²) in [5.41, 5.74) is 1.49. The normalized spacial score (nSPS) is 22.5. The molecule has 2 unspecified atom stereocenters. The van der Waals surface area contributed by atoms with Gasteiger partial charge in [-0.1, -0.05) is 55.3 Å². The zero-order chi connectivity index (χ0) is 14.1. The third-order valence-corrected chi connectivity index (χ3v) is 4.86. The molecule has 1 saturated carbocycles. The van der Waals surface area contributed by atoms with Crippen LogP contribution in [0.2, 0.25) is 0 Å². The minimum Gasteiger partial charge on any atom is -0.348 e. The molecule has 4 rings (SSSR count). The molecule has 2 aromatic carbocycles. The van der Waals surface area contributed by atoms with Gasteiger partial charge in [-0.2, -0.15) is 0 Å². The van der Waals surface area contributed by atoms with Gasteiger partial charge in [-0.25, -0.2) is 4.98 Å². The largest absolute Gasteiger partial charge is 0.348 e. The van der Waals surface area contributed by atoms with Gasteiger partial charge in [-0.3, -0.25) is 0 Å². The summed E-state index contributed by atoms with van der Waals surface area (Å²) >= 11 is 0. The molecule has 106 valence electrons. The van der Waals surface area contributed by atoms with Crippen molar-refractivity contribution in [3.8, 4) is 0 Å². The molecular weight excluding hydrogens is 256 g/mol. The van der Waals surface area contributed by atoms with Gasteiger partial charge in [0.1, 0.15) is 5.82 Å². The van der Waals surface area contributed by atoms with Crippen molar-refractivity contribution in [3.05, 3.63) is 66.2 Å². The van der Waals surface area contributed by atoms with E-state index in [0.29, 0.717) is 11.8 Å². The first-order chi connectivity index (χ1) is 10.4. The van der Waals surface area contributed by atoms with E-state index in [2.05, 4.69) is 52.4 Å². The monoisotopic (exact) mass is 276 g/mol. The Balaban J connectivity index is 1.82. The van der Waals surface area contributed by atoms with Crippen molar-refractivity contribution >= 4 is 10.8 Å². The SMILES string of the molecule is c1ccc2c(C3CCCCC3c3ncc[nH]3)cccc2c1. The fraction of sp³-hybridized carbons (Fsp3) is 0.316. The lowest BCUT2D eigenvalue weighted by atomic mass is 9.74. The molecule has 0 bridgehead atoms. The number of nitrogens with zero attached hydrogens (tertiary/aromatic N) is 1. The van der Waals surface area contributed by atoms with E-state index in [1.54, 1.807) is 0 Å². The summed E-state index contributed by atoms with van der Waals surface area (Å²) in [6, 6.07) is 15.5. The summed E-state index contributed by atoms with van der Waals surface area (Å²) in [4.78, 5) is 7.88. The van der Waals surface area contributed by atoms with E-state index < -0.39 is 0 Å². The summed E-state index contributed by atoms with van der Waals surface area (Å²) in [5.74, 6) is 2.27. The minimum absolute atomic E-state index is 0.527. The Morgan fingerprint density at radius 3 is 2.57 bits per heavy atom. The number of hydrogen-bond acceptors (Lipinski definition) is 1. The topological polar surface area (TPSA) is 28.7 Å². The highest BCUT2D eigenvalue weighted by molar-refractivity contribution is 5.86. The molecule has 0 radical (unpaired) electrons. The van der Waals surface area contributed by atoms with Gasteiger partial charge in [-0.15, -0.1) is 0 Å². The van der Waals surface area contributed by atoms with Crippen LogP contribution in [0.25, 0.3) is 10.8 Å². The minimum atomic E-state index is 0.527. The van der Waals surface area contributed by atoms with Crippen LogP contribution in [0, 0.1) is 0 Å². The lowest BCUT2D eigenvalue weighted by molar-refractivity contribution is 0.377. The molecule has 3 aromatic rings. The van der Waals surface area contributed by atoms with Crippen LogP contribution >= 0.6 is 0 Å². The van der Waals surface area contributed by atoms with Gasteiger partial charge in [0.15, 0.2) is 0 Å². The highest BCUT2D eigenvalue weighted by Crippen LogP contribution is 2.44. The average Bonchev–Trinajstić information content (AvgIpc) is 3.09. The molecule has 0 spiro atoms. The van der Waals surface area contributed by atoms with E-state index in [0.717, 1.165) is 5.82 Å². The lowest BCUT2D eigenvalue weighted by Crippen LogP contribution is -2.17. The highest BCUT2D eigenvalue weighted by atomic mass is 14.9. The molecule has 1 aliphatic carbocycles. The van der Waals surface area contributed by atoms with E-state index >= 15 is 0 Å². The van der Waals surface area contributed by atoms with E-state index in [4.69, 9.17) is 0 Å². The van der Waals surface area contributed by atoms with Crippen LogP contribution in [0.4, 0.5) is 0 Å². The van der Waals surface area contributed by atoms with Crippen LogP contribution in [0.1, 0.15) is 48.9 Å². The zero-order valence-electron chi connectivity index (χ0n) is 12.1. The zero-order valence-corrected chi connectivity index (χ0v) is 12.1. The fourth-order valence-corrected chi connectivity index (χ4v) is 3.88. The standard InChI is InChI=1S/C19H20N2/c1-2-8-15-14(6-1)7-5-11-16(15)17-9-3-4-10-18(17)19-20-12-13-21-19/h1-2,5-8,11-13,17-18H,3-4,9-10H2,(H,20,21). The molecule has 0 aliphatic heterocycles. The van der Waals surface area contributed by atoms with E-state index in [-0.39, 0.29) is 0 Å². The van der Waals surface area contributed by atoms with E-state index in [9.17, 15) is 0 Å². The van der Waals surface area contributed by atoms with Gasteiger partial charge < -0.3 is 4.98 Å². The first kappa shape index (κ1) is 12.6. The summed E-state index contributed by atoms with van der Waals surface area (Å²) in [7, 11) is 0. The maximum Gasteiger partial charge on any atom is 0.109 e. The van der Waals surface area contributed by atoms with Crippen LogP contribution in [-0.4, -0.2) is 9.97 Å². The third-order valence-electron chi connectivity index (χ3n) is 4.86. The molecule has 21 heavy (non-hydrogen) atoms. The summed E-state index contributed by atoms with van der Waals surface area (Å²) < 4.78 is 0. The van der Waals surface area contributed by atoms with Crippen molar-refractivity contribution in [3.63, 3.8) is 0 Å². The maximum absolute atomic E-state index is 4.54. The molecule has 0 saturated heterocycles. The summed E-state index contributed by atoms with van der Waals surface area (Å²) in [6.45, 7) is 0. The van der Waals surface area contributed by atoms with Crippen molar-refractivity contribution in [1.82, 2.24) is 9.97 Å². The molecule has 1 aliphatic rings. The summed E-state index contributed by atoms with van der Waals surface area (Å²) in [5, 5.41) is 2.75. The number of benzene rings is 2. The second-order valence-corrected chi connectivity index (χ2v) is 6.04. The first-order valence-electron chi connectivity index (χ1n) is 7.90. The fourth-order valence-electron chi connectivity index (χ4n) is 3.88. The van der Waals surface area contributed by atoms with Crippen LogP contribution in [0.5, 0.6) is 0 Å². The molecule has 1 N–H and O–H groups in total. The number of aromatic nitrogens is 2. The van der Waals surface area contributed by atoms with Gasteiger partial charge in [0, 0.05) is 18.3 Å². The van der Waals surface area contributed by atoms with Crippen LogP contribution < -0.4 is 0 Å². The van der Waals surface area contributed by atoms with Gasteiger partial charge in [0.2, 0.25) is 0 Å². The predicted octanol–water partition coefficient (Wildman–Crippen LogP) is 5.00.